The molecule has 10 heteroatoms. The number of hydrogen-bond donors (Lipinski definition) is 4. The van der Waals surface area contributed by atoms with Gasteiger partial charge in [-0.2, -0.15) is 15.2 Å². The molecule has 0 spiro atoms. The van der Waals surface area contributed by atoms with Crippen LogP contribution in [0.1, 0.15) is 43.0 Å². The highest BCUT2D eigenvalue weighted by molar-refractivity contribution is 5.82. The molecule has 0 saturated heterocycles. The minimum Gasteiger partial charge on any atom is -0.348 e. The normalized spacial score (nSPS) is 14.9. The van der Waals surface area contributed by atoms with E-state index in [0.29, 0.717) is 22.8 Å². The molecule has 1 fully saturated rings. The Morgan fingerprint density at radius 2 is 2.00 bits per heavy atom. The lowest BCUT2D eigenvalue weighted by Gasteiger charge is -2.16. The molecule has 1 atom stereocenters. The maximum atomic E-state index is 14.2. The average Bonchev–Trinajstić information content (AvgIpc) is 3.26. The van der Waals surface area contributed by atoms with E-state index < -0.39 is 5.82 Å². The van der Waals surface area contributed by atoms with Crippen LogP contribution < -0.4 is 10.6 Å². The number of H-pyrrole nitrogens is 2. The van der Waals surface area contributed by atoms with Crippen LogP contribution in [-0.2, 0) is 0 Å². The second-order valence-electron chi connectivity index (χ2n) is 7.19. The zero-order chi connectivity index (χ0) is 20.0. The number of nitrogens with one attached hydrogen (secondary N) is 4. The molecule has 5 rings (SSSR count). The van der Waals surface area contributed by atoms with E-state index in [9.17, 15) is 8.78 Å². The first-order valence-corrected chi connectivity index (χ1v) is 9.31. The van der Waals surface area contributed by atoms with Gasteiger partial charge in [0.05, 0.1) is 24.0 Å². The molecule has 0 radical (unpaired) electrons. The Hall–Kier alpha value is -3.56. The zero-order valence-electron chi connectivity index (χ0n) is 15.5. The van der Waals surface area contributed by atoms with E-state index in [-0.39, 0.29) is 23.6 Å². The van der Waals surface area contributed by atoms with Gasteiger partial charge in [0.25, 0.3) is 0 Å². The maximum Gasteiger partial charge on any atom is 0.225 e. The lowest BCUT2D eigenvalue weighted by Crippen LogP contribution is -2.11. The fraction of sp³-hybridized carbons (Fsp3) is 0.263. The summed E-state index contributed by atoms with van der Waals surface area (Å²) in [6, 6.07) is 4.34. The number of hydrogen-bond acceptors (Lipinski definition) is 6. The van der Waals surface area contributed by atoms with Crippen molar-refractivity contribution in [3.8, 4) is 0 Å². The van der Waals surface area contributed by atoms with Crippen molar-refractivity contribution in [2.45, 2.75) is 31.7 Å². The molecule has 4 aromatic rings. The van der Waals surface area contributed by atoms with Crippen molar-refractivity contribution in [2.75, 3.05) is 10.6 Å². The third-order valence-electron chi connectivity index (χ3n) is 4.97. The molecule has 0 aliphatic heterocycles. The van der Waals surface area contributed by atoms with Gasteiger partial charge in [0.15, 0.2) is 17.5 Å². The minimum absolute atomic E-state index is 0.0104. The van der Waals surface area contributed by atoms with E-state index in [1.807, 2.05) is 13.0 Å². The monoisotopic (exact) mass is 396 g/mol. The summed E-state index contributed by atoms with van der Waals surface area (Å²) in [6.45, 7) is 1.84. The number of rotatable bonds is 6. The van der Waals surface area contributed by atoms with Crippen LogP contribution in [0.5, 0.6) is 0 Å². The van der Waals surface area contributed by atoms with Gasteiger partial charge in [-0.25, -0.2) is 13.8 Å². The largest absolute Gasteiger partial charge is 0.348 e. The summed E-state index contributed by atoms with van der Waals surface area (Å²) >= 11 is 0. The highest BCUT2D eigenvalue weighted by Crippen LogP contribution is 2.39. The van der Waals surface area contributed by atoms with E-state index in [4.69, 9.17) is 0 Å². The van der Waals surface area contributed by atoms with E-state index in [0.717, 1.165) is 30.1 Å². The molecule has 8 nitrogen and oxygen atoms in total. The molecule has 1 saturated carbocycles. The van der Waals surface area contributed by atoms with Crippen LogP contribution in [-0.4, -0.2) is 30.4 Å². The fourth-order valence-corrected chi connectivity index (χ4v) is 3.32. The molecule has 29 heavy (non-hydrogen) atoms. The molecule has 0 amide bonds. The van der Waals surface area contributed by atoms with E-state index in [2.05, 4.69) is 41.0 Å². The van der Waals surface area contributed by atoms with Crippen molar-refractivity contribution in [2.24, 2.45) is 0 Å². The van der Waals surface area contributed by atoms with Gasteiger partial charge in [-0.3, -0.25) is 10.2 Å². The first kappa shape index (κ1) is 17.5. The molecule has 3 heterocycles. The summed E-state index contributed by atoms with van der Waals surface area (Å²) in [6.07, 6.45) is 4.99. The SMILES string of the molecule is C[C@H](Nc1ncc(F)c(Nc2cc(C3CC3)[nH]n2)n1)c1cc(F)cc2[nH]ncc12. The zero-order valence-corrected chi connectivity index (χ0v) is 15.5. The van der Waals surface area contributed by atoms with Crippen LogP contribution in [0.2, 0.25) is 0 Å². The van der Waals surface area contributed by atoms with Crippen molar-refractivity contribution in [3.63, 3.8) is 0 Å². The quantitative estimate of drug-likeness (QED) is 0.390. The third kappa shape index (κ3) is 3.48. The smallest absolute Gasteiger partial charge is 0.225 e. The van der Waals surface area contributed by atoms with Crippen LogP contribution in [0, 0.1) is 11.6 Å². The first-order chi connectivity index (χ1) is 14.1. The summed E-state index contributed by atoms with van der Waals surface area (Å²) in [5.74, 6) is 0.252. The predicted molar refractivity (Wildman–Crippen MR) is 104 cm³/mol. The minimum atomic E-state index is -0.595. The third-order valence-corrected chi connectivity index (χ3v) is 4.97. The lowest BCUT2D eigenvalue weighted by molar-refractivity contribution is 0.618. The predicted octanol–water partition coefficient (Wildman–Crippen LogP) is 4.15. The Morgan fingerprint density at radius 3 is 2.83 bits per heavy atom. The number of aromatic nitrogens is 6. The Kier molecular flexibility index (Phi) is 4.11. The lowest BCUT2D eigenvalue weighted by atomic mass is 10.0. The van der Waals surface area contributed by atoms with E-state index in [1.54, 1.807) is 6.20 Å². The molecular formula is C19H18F2N8. The van der Waals surface area contributed by atoms with Gasteiger partial charge in [-0.15, -0.1) is 0 Å². The van der Waals surface area contributed by atoms with Crippen LogP contribution in [0.4, 0.5) is 26.4 Å². The van der Waals surface area contributed by atoms with Gasteiger partial charge < -0.3 is 10.6 Å². The molecule has 1 aliphatic carbocycles. The maximum absolute atomic E-state index is 14.2. The van der Waals surface area contributed by atoms with E-state index in [1.165, 1.54) is 12.1 Å². The van der Waals surface area contributed by atoms with Crippen molar-refractivity contribution < 1.29 is 8.78 Å². The molecule has 1 aliphatic rings. The average molecular weight is 396 g/mol. The van der Waals surface area contributed by atoms with Gasteiger partial charge in [0.2, 0.25) is 5.95 Å². The Morgan fingerprint density at radius 1 is 1.14 bits per heavy atom. The summed E-state index contributed by atoms with van der Waals surface area (Å²) in [5.41, 5.74) is 2.32. The van der Waals surface area contributed by atoms with Crippen LogP contribution in [0.15, 0.2) is 30.6 Å². The fourth-order valence-electron chi connectivity index (χ4n) is 3.32. The number of benzene rings is 1. The summed E-state index contributed by atoms with van der Waals surface area (Å²) < 4.78 is 28.1. The molecule has 0 unspecified atom stereocenters. The standard InChI is InChI=1S/C19H18F2N8/c1-9(12-4-11(20)5-16-13(12)7-23-27-16)24-19-22-8-14(21)18(26-19)25-17-6-15(28-29-17)10-2-3-10/h4-10H,2-3H2,1H3,(H,23,27)(H3,22,24,25,26,28,29)/t9-/m0/s1. The second kappa shape index (κ2) is 6.80. The van der Waals surface area contributed by atoms with Crippen molar-refractivity contribution in [1.82, 2.24) is 30.4 Å². The topological polar surface area (TPSA) is 107 Å². The van der Waals surface area contributed by atoms with Gasteiger partial charge in [0.1, 0.15) is 5.82 Å². The molecule has 4 N–H and O–H groups in total. The van der Waals surface area contributed by atoms with Gasteiger partial charge in [-0.1, -0.05) is 0 Å². The summed E-state index contributed by atoms with van der Waals surface area (Å²) in [5, 5.41) is 20.6. The summed E-state index contributed by atoms with van der Waals surface area (Å²) in [7, 11) is 0. The van der Waals surface area contributed by atoms with Crippen LogP contribution in [0.3, 0.4) is 0 Å². The Bertz CT molecular complexity index is 1180. The highest BCUT2D eigenvalue weighted by atomic mass is 19.1. The summed E-state index contributed by atoms with van der Waals surface area (Å²) in [4.78, 5) is 8.21. The first-order valence-electron chi connectivity index (χ1n) is 9.31. The Balaban J connectivity index is 1.38. The van der Waals surface area contributed by atoms with Crippen molar-refractivity contribution in [1.29, 1.82) is 0 Å². The van der Waals surface area contributed by atoms with Crippen LogP contribution in [0.25, 0.3) is 10.9 Å². The second-order valence-corrected chi connectivity index (χ2v) is 7.19. The number of fused-ring (bicyclic) bond motifs is 1. The molecule has 3 aromatic heterocycles. The van der Waals surface area contributed by atoms with E-state index >= 15 is 0 Å². The number of halogens is 2. The number of nitrogens with zero attached hydrogens (tertiary/aromatic N) is 4. The number of aromatic amines is 2. The van der Waals surface area contributed by atoms with Crippen LogP contribution >= 0.6 is 0 Å². The Labute approximate surface area is 164 Å². The molecule has 0 bridgehead atoms. The molecule has 1 aromatic carbocycles. The number of anilines is 3. The highest BCUT2D eigenvalue weighted by Gasteiger charge is 2.25. The molecule has 148 valence electrons. The van der Waals surface area contributed by atoms with Crippen molar-refractivity contribution in [3.05, 3.63) is 53.5 Å². The van der Waals surface area contributed by atoms with Gasteiger partial charge in [-0.05, 0) is 37.5 Å². The van der Waals surface area contributed by atoms with Gasteiger partial charge >= 0.3 is 0 Å². The van der Waals surface area contributed by atoms with Gasteiger partial charge in [0, 0.05) is 23.1 Å². The van der Waals surface area contributed by atoms with Crippen molar-refractivity contribution >= 4 is 28.5 Å². The molecular weight excluding hydrogens is 378 g/mol.